The minimum absolute atomic E-state index is 0.129. The monoisotopic (exact) mass is 555 g/mol. The normalized spacial score (nSPS) is 13.7. The molecule has 2 aromatic carbocycles. The highest BCUT2D eigenvalue weighted by Gasteiger charge is 2.29. The number of ether oxygens (including phenoxy) is 1. The topological polar surface area (TPSA) is 78.8 Å². The third kappa shape index (κ3) is 14.6. The zero-order chi connectivity index (χ0) is 28.1. The molecule has 0 spiro atoms. The zero-order valence-electron chi connectivity index (χ0n) is 23.9. The lowest BCUT2D eigenvalue weighted by atomic mass is 10.0. The van der Waals surface area contributed by atoms with Crippen molar-refractivity contribution >= 4 is 17.9 Å². The lowest BCUT2D eigenvalue weighted by Crippen LogP contribution is -2.49. The minimum Gasteiger partial charge on any atom is -0.445 e. The molecule has 0 aliphatic rings. The van der Waals surface area contributed by atoms with Gasteiger partial charge in [0.2, 0.25) is 0 Å². The van der Waals surface area contributed by atoms with Crippen LogP contribution < -0.4 is 5.32 Å². The van der Waals surface area contributed by atoms with Crippen LogP contribution in [0.3, 0.4) is 0 Å². The Morgan fingerprint density at radius 3 is 2.21 bits per heavy atom. The molecule has 6 heteroatoms. The van der Waals surface area contributed by atoms with Crippen LogP contribution in [0.25, 0.3) is 0 Å². The maximum atomic E-state index is 12.4. The van der Waals surface area contributed by atoms with Crippen molar-refractivity contribution in [2.75, 3.05) is 6.61 Å². The number of benzene rings is 2. The molecule has 3 N–H and O–H groups in total. The molecule has 1 amide bonds. The van der Waals surface area contributed by atoms with Crippen LogP contribution in [0.1, 0.15) is 88.7 Å². The average molecular weight is 556 g/mol. The van der Waals surface area contributed by atoms with E-state index < -0.39 is 18.2 Å². The van der Waals surface area contributed by atoms with E-state index in [2.05, 4.69) is 24.4 Å². The van der Waals surface area contributed by atoms with Gasteiger partial charge >= 0.3 is 6.09 Å². The van der Waals surface area contributed by atoms with Crippen molar-refractivity contribution in [3.63, 3.8) is 0 Å². The fraction of sp³-hybridized carbons (Fsp3) is 0.545. The van der Waals surface area contributed by atoms with Crippen LogP contribution >= 0.6 is 11.8 Å². The van der Waals surface area contributed by atoms with Gasteiger partial charge in [0.05, 0.1) is 18.8 Å². The second-order valence-corrected chi connectivity index (χ2v) is 11.6. The molecule has 1 unspecified atom stereocenters. The van der Waals surface area contributed by atoms with Crippen molar-refractivity contribution in [3.8, 4) is 0 Å². The number of unbranched alkanes of at least 4 members (excludes halogenated alkanes) is 9. The van der Waals surface area contributed by atoms with Crippen LogP contribution in [0.2, 0.25) is 0 Å². The minimum atomic E-state index is -0.956. The summed E-state index contributed by atoms with van der Waals surface area (Å²) in [7, 11) is 0. The van der Waals surface area contributed by atoms with Crippen molar-refractivity contribution in [2.24, 2.45) is 0 Å². The van der Waals surface area contributed by atoms with Gasteiger partial charge in [0.1, 0.15) is 6.61 Å². The molecule has 216 valence electrons. The predicted octanol–water partition coefficient (Wildman–Crippen LogP) is 7.97. The van der Waals surface area contributed by atoms with Crippen molar-refractivity contribution in [1.82, 2.24) is 5.32 Å². The molecule has 2 rings (SSSR count). The number of amides is 1. The molecule has 0 aromatic heterocycles. The highest BCUT2D eigenvalue weighted by Crippen LogP contribution is 2.30. The number of aliphatic hydroxyl groups is 2. The van der Waals surface area contributed by atoms with Crippen molar-refractivity contribution in [2.45, 2.75) is 113 Å². The smallest absolute Gasteiger partial charge is 0.407 e. The van der Waals surface area contributed by atoms with Crippen LogP contribution in [0, 0.1) is 6.92 Å². The second kappa shape index (κ2) is 20.6. The fourth-order valence-corrected chi connectivity index (χ4v) is 5.56. The van der Waals surface area contributed by atoms with Gasteiger partial charge in [-0.2, -0.15) is 0 Å². The summed E-state index contributed by atoms with van der Waals surface area (Å²) in [4.78, 5) is 13.4. The molecule has 0 saturated carbocycles. The van der Waals surface area contributed by atoms with Crippen LogP contribution in [0.4, 0.5) is 4.79 Å². The lowest BCUT2D eigenvalue weighted by Gasteiger charge is -2.28. The first-order valence-electron chi connectivity index (χ1n) is 14.7. The Morgan fingerprint density at radius 2 is 1.56 bits per heavy atom. The van der Waals surface area contributed by atoms with Gasteiger partial charge in [-0.15, -0.1) is 11.8 Å². The van der Waals surface area contributed by atoms with Gasteiger partial charge < -0.3 is 20.3 Å². The van der Waals surface area contributed by atoms with Gasteiger partial charge in [-0.3, -0.25) is 0 Å². The molecule has 0 aliphatic heterocycles. The Hall–Kier alpha value is -2.28. The van der Waals surface area contributed by atoms with Gasteiger partial charge in [-0.25, -0.2) is 4.79 Å². The summed E-state index contributed by atoms with van der Waals surface area (Å²) in [6.45, 7) is 4.05. The van der Waals surface area contributed by atoms with Gasteiger partial charge in [-0.05, 0) is 43.9 Å². The van der Waals surface area contributed by atoms with E-state index in [1.807, 2.05) is 61.5 Å². The summed E-state index contributed by atoms with van der Waals surface area (Å²) in [6, 6.07) is 16.8. The molecule has 0 radical (unpaired) electrons. The van der Waals surface area contributed by atoms with E-state index in [0.717, 1.165) is 16.9 Å². The van der Waals surface area contributed by atoms with Crippen molar-refractivity contribution in [1.29, 1.82) is 0 Å². The number of carbonyl (C=O) groups excluding carboxylic acids is 1. The summed E-state index contributed by atoms with van der Waals surface area (Å²) >= 11 is 1.56. The quantitative estimate of drug-likeness (QED) is 0.0877. The van der Waals surface area contributed by atoms with Gasteiger partial charge in [0, 0.05) is 10.1 Å². The predicted molar refractivity (Wildman–Crippen MR) is 163 cm³/mol. The Morgan fingerprint density at radius 1 is 0.923 bits per heavy atom. The maximum absolute atomic E-state index is 12.4. The SMILES string of the molecule is CCCCCCCCCCC/C=C\CC(Sc1ccc(C)cc1)[C@@H](O)[C@@H](CO)NC(=O)OCc1ccccc1. The van der Waals surface area contributed by atoms with Gasteiger partial charge in [0.15, 0.2) is 0 Å². The Bertz CT molecular complexity index is 919. The first-order chi connectivity index (χ1) is 19.0. The number of allylic oxidation sites excluding steroid dienone is 2. The fourth-order valence-electron chi connectivity index (χ4n) is 4.38. The third-order valence-electron chi connectivity index (χ3n) is 6.82. The van der Waals surface area contributed by atoms with Crippen LogP contribution in [0.15, 0.2) is 71.6 Å². The number of hydrogen-bond acceptors (Lipinski definition) is 5. The van der Waals surface area contributed by atoms with Crippen LogP contribution in [0.5, 0.6) is 0 Å². The molecule has 2 aromatic rings. The Labute approximate surface area is 240 Å². The molecule has 3 atom stereocenters. The molecule has 0 saturated heterocycles. The number of carbonyl (C=O) groups is 1. The molecular formula is C33H49NO4S. The van der Waals surface area contributed by atoms with E-state index in [1.54, 1.807) is 11.8 Å². The first-order valence-corrected chi connectivity index (χ1v) is 15.6. The molecule has 0 aliphatic carbocycles. The van der Waals surface area contributed by atoms with Crippen molar-refractivity contribution < 1.29 is 19.7 Å². The number of aliphatic hydroxyl groups excluding tert-OH is 2. The molecule has 0 heterocycles. The summed E-state index contributed by atoms with van der Waals surface area (Å²) in [5, 5.41) is 23.6. The number of thioether (sulfide) groups is 1. The third-order valence-corrected chi connectivity index (χ3v) is 8.14. The molecule has 5 nitrogen and oxygen atoms in total. The standard InChI is InChI=1S/C33H49NO4S/c1-3-4-5-6-7-8-9-10-11-12-13-17-20-31(39-29-23-21-27(2)22-24-29)32(36)30(25-35)34-33(37)38-26-28-18-15-14-16-19-28/h13-19,21-24,30-32,35-36H,3-12,20,25-26H2,1-2H3,(H,34,37)/b17-13-/t30-,31?,32+/m1/s1. The average Bonchev–Trinajstić information content (AvgIpc) is 2.96. The Balaban J connectivity index is 1.85. The summed E-state index contributed by atoms with van der Waals surface area (Å²) in [5.74, 6) is 0. The highest BCUT2D eigenvalue weighted by atomic mass is 32.2. The second-order valence-electron chi connectivity index (χ2n) is 10.3. The van der Waals surface area contributed by atoms with Gasteiger partial charge in [-0.1, -0.05) is 118 Å². The summed E-state index contributed by atoms with van der Waals surface area (Å²) in [5.41, 5.74) is 2.05. The van der Waals surface area contributed by atoms with Crippen LogP contribution in [-0.4, -0.2) is 40.3 Å². The number of aryl methyl sites for hydroxylation is 1. The summed E-state index contributed by atoms with van der Waals surface area (Å²) in [6.07, 6.45) is 16.2. The molecular weight excluding hydrogens is 506 g/mol. The Kier molecular flexibility index (Phi) is 17.4. The van der Waals surface area contributed by atoms with E-state index in [-0.39, 0.29) is 18.5 Å². The largest absolute Gasteiger partial charge is 0.445 e. The number of hydrogen-bond donors (Lipinski definition) is 3. The lowest BCUT2D eigenvalue weighted by molar-refractivity contribution is 0.0754. The number of nitrogens with one attached hydrogen (secondary N) is 1. The van der Waals surface area contributed by atoms with Gasteiger partial charge in [0.25, 0.3) is 0 Å². The number of alkyl carbamates (subject to hydrolysis) is 1. The molecule has 39 heavy (non-hydrogen) atoms. The van der Waals surface area contributed by atoms with E-state index >= 15 is 0 Å². The van der Waals surface area contributed by atoms with Crippen LogP contribution in [-0.2, 0) is 11.3 Å². The zero-order valence-corrected chi connectivity index (χ0v) is 24.7. The van der Waals surface area contributed by atoms with E-state index in [0.29, 0.717) is 6.42 Å². The van der Waals surface area contributed by atoms with E-state index in [4.69, 9.17) is 4.74 Å². The molecule has 0 bridgehead atoms. The number of rotatable bonds is 20. The maximum Gasteiger partial charge on any atom is 0.407 e. The van der Waals surface area contributed by atoms with Crippen molar-refractivity contribution in [3.05, 3.63) is 77.9 Å². The first kappa shape index (κ1) is 32.9. The summed E-state index contributed by atoms with van der Waals surface area (Å²) < 4.78 is 5.31. The molecule has 0 fully saturated rings. The van der Waals surface area contributed by atoms with E-state index in [1.165, 1.54) is 63.4 Å². The highest BCUT2D eigenvalue weighted by molar-refractivity contribution is 8.00. The van der Waals surface area contributed by atoms with E-state index in [9.17, 15) is 15.0 Å².